The van der Waals surface area contributed by atoms with Crippen molar-refractivity contribution in [1.29, 1.82) is 0 Å². The van der Waals surface area contributed by atoms with E-state index in [1.165, 1.54) is 5.56 Å². The van der Waals surface area contributed by atoms with Gasteiger partial charge in [-0.3, -0.25) is 9.69 Å². The van der Waals surface area contributed by atoms with Crippen LogP contribution < -0.4 is 0 Å². The predicted octanol–water partition coefficient (Wildman–Crippen LogP) is 1.97. The fourth-order valence-electron chi connectivity index (χ4n) is 4.11. The van der Waals surface area contributed by atoms with Crippen LogP contribution in [0.5, 0.6) is 0 Å². The summed E-state index contributed by atoms with van der Waals surface area (Å²) in [4.78, 5) is 21.5. The van der Waals surface area contributed by atoms with Crippen molar-refractivity contribution in [3.05, 3.63) is 54.1 Å². The second kappa shape index (κ2) is 8.67. The van der Waals surface area contributed by atoms with Crippen molar-refractivity contribution < 1.29 is 9.53 Å². The van der Waals surface area contributed by atoms with Crippen LogP contribution in [0.1, 0.15) is 30.1 Å². The molecule has 0 aliphatic carbocycles. The normalized spacial score (nSPS) is 21.3. The molecule has 4 rings (SSSR count). The Morgan fingerprint density at radius 3 is 2.78 bits per heavy atom. The molecule has 27 heavy (non-hydrogen) atoms. The van der Waals surface area contributed by atoms with E-state index in [-0.39, 0.29) is 5.91 Å². The van der Waals surface area contributed by atoms with Gasteiger partial charge in [0.05, 0.1) is 19.8 Å². The van der Waals surface area contributed by atoms with Crippen LogP contribution in [0.15, 0.2) is 42.7 Å². The lowest BCUT2D eigenvalue weighted by Gasteiger charge is -2.34. The Hall–Kier alpha value is -2.18. The summed E-state index contributed by atoms with van der Waals surface area (Å²) < 4.78 is 7.61. The van der Waals surface area contributed by atoms with E-state index in [9.17, 15) is 4.79 Å². The number of likely N-dealkylation sites (tertiary alicyclic amines) is 1. The maximum atomic E-state index is 12.6. The van der Waals surface area contributed by atoms with Crippen molar-refractivity contribution >= 4 is 5.91 Å². The zero-order chi connectivity index (χ0) is 18.5. The largest absolute Gasteiger partial charge is 0.378 e. The van der Waals surface area contributed by atoms with E-state index >= 15 is 0 Å². The summed E-state index contributed by atoms with van der Waals surface area (Å²) in [5, 5.41) is 0. The lowest BCUT2D eigenvalue weighted by Crippen LogP contribution is -2.47. The summed E-state index contributed by atoms with van der Waals surface area (Å²) in [5.41, 5.74) is 1.28. The number of piperidine rings is 1. The number of carbonyl (C=O) groups excluding carboxylic acids is 1. The number of hydrogen-bond acceptors (Lipinski definition) is 4. The van der Waals surface area contributed by atoms with E-state index in [0.29, 0.717) is 25.7 Å². The van der Waals surface area contributed by atoms with Crippen LogP contribution in [0, 0.1) is 0 Å². The fourth-order valence-corrected chi connectivity index (χ4v) is 4.11. The van der Waals surface area contributed by atoms with Crippen LogP contribution >= 0.6 is 0 Å². The number of nitrogens with zero attached hydrogens (tertiary/aromatic N) is 4. The molecule has 3 heterocycles. The van der Waals surface area contributed by atoms with E-state index in [1.54, 1.807) is 0 Å². The Bertz CT molecular complexity index is 740. The first kappa shape index (κ1) is 18.2. The van der Waals surface area contributed by atoms with Gasteiger partial charge in [0.15, 0.2) is 0 Å². The monoisotopic (exact) mass is 368 g/mol. The molecule has 1 unspecified atom stereocenters. The third-order valence-electron chi connectivity index (χ3n) is 5.54. The second-order valence-electron chi connectivity index (χ2n) is 7.47. The molecule has 2 aromatic rings. The molecule has 2 aliphatic heterocycles. The maximum absolute atomic E-state index is 12.6. The Balaban J connectivity index is 1.38. The first-order valence-corrected chi connectivity index (χ1v) is 9.92. The zero-order valence-electron chi connectivity index (χ0n) is 15.8. The van der Waals surface area contributed by atoms with Crippen molar-refractivity contribution in [2.45, 2.75) is 25.3 Å². The zero-order valence-corrected chi connectivity index (χ0v) is 15.8. The summed E-state index contributed by atoms with van der Waals surface area (Å²) in [6.45, 7) is 6.01. The van der Waals surface area contributed by atoms with Crippen LogP contribution in [0.4, 0.5) is 0 Å². The van der Waals surface area contributed by atoms with E-state index in [0.717, 1.165) is 51.4 Å². The van der Waals surface area contributed by atoms with Crippen molar-refractivity contribution in [3.63, 3.8) is 0 Å². The van der Waals surface area contributed by atoms with Gasteiger partial charge in [-0.1, -0.05) is 30.3 Å². The molecule has 2 aliphatic rings. The van der Waals surface area contributed by atoms with Gasteiger partial charge < -0.3 is 14.2 Å². The smallest absolute Gasteiger partial charge is 0.236 e. The lowest BCUT2D eigenvalue weighted by molar-refractivity contribution is -0.136. The number of imidazole rings is 1. The minimum Gasteiger partial charge on any atom is -0.378 e. The number of morpholine rings is 1. The summed E-state index contributed by atoms with van der Waals surface area (Å²) >= 11 is 0. The van der Waals surface area contributed by atoms with Crippen molar-refractivity contribution in [2.24, 2.45) is 0 Å². The van der Waals surface area contributed by atoms with Gasteiger partial charge in [0, 0.05) is 44.5 Å². The van der Waals surface area contributed by atoms with Gasteiger partial charge in [0.1, 0.15) is 5.82 Å². The van der Waals surface area contributed by atoms with Gasteiger partial charge in [0.25, 0.3) is 0 Å². The standard InChI is InChI=1S/C21H28N4O2/c26-20(24-11-13-27-14-12-24)17-23-9-4-7-19(16-23)21-22-8-10-25(21)15-18-5-2-1-3-6-18/h1-3,5-6,8,10,19H,4,7,9,11-17H2. The third-order valence-corrected chi connectivity index (χ3v) is 5.54. The molecule has 1 atom stereocenters. The highest BCUT2D eigenvalue weighted by atomic mass is 16.5. The number of benzene rings is 1. The molecule has 0 spiro atoms. The average Bonchev–Trinajstić information content (AvgIpc) is 3.18. The Morgan fingerprint density at radius 2 is 1.96 bits per heavy atom. The highest BCUT2D eigenvalue weighted by molar-refractivity contribution is 5.78. The van der Waals surface area contributed by atoms with Gasteiger partial charge in [-0.15, -0.1) is 0 Å². The SMILES string of the molecule is O=C(CN1CCCC(c2nccn2Cc2ccccc2)C1)N1CCOCC1. The predicted molar refractivity (Wildman–Crippen MR) is 104 cm³/mol. The molecule has 1 aromatic carbocycles. The Morgan fingerprint density at radius 1 is 1.15 bits per heavy atom. The van der Waals surface area contributed by atoms with Crippen molar-refractivity contribution in [1.82, 2.24) is 19.4 Å². The highest BCUT2D eigenvalue weighted by Gasteiger charge is 2.27. The molecule has 6 heteroatoms. The van der Waals surface area contributed by atoms with Gasteiger partial charge in [-0.2, -0.15) is 0 Å². The third kappa shape index (κ3) is 4.57. The van der Waals surface area contributed by atoms with E-state index in [4.69, 9.17) is 4.74 Å². The van der Waals surface area contributed by atoms with Crippen LogP contribution in [-0.4, -0.2) is 71.2 Å². The second-order valence-corrected chi connectivity index (χ2v) is 7.47. The molecule has 0 bridgehead atoms. The van der Waals surface area contributed by atoms with E-state index < -0.39 is 0 Å². The summed E-state index contributed by atoms with van der Waals surface area (Å²) in [7, 11) is 0. The first-order valence-electron chi connectivity index (χ1n) is 9.92. The number of ether oxygens (including phenoxy) is 1. The van der Waals surface area contributed by atoms with E-state index in [1.807, 2.05) is 17.2 Å². The van der Waals surface area contributed by atoms with Gasteiger partial charge >= 0.3 is 0 Å². The fraction of sp³-hybridized carbons (Fsp3) is 0.524. The quantitative estimate of drug-likeness (QED) is 0.810. The number of rotatable bonds is 5. The molecule has 0 saturated carbocycles. The van der Waals surface area contributed by atoms with Crippen molar-refractivity contribution in [2.75, 3.05) is 45.9 Å². The van der Waals surface area contributed by atoms with Crippen LogP contribution in [0.25, 0.3) is 0 Å². The molecule has 1 aromatic heterocycles. The van der Waals surface area contributed by atoms with Gasteiger partial charge in [0.2, 0.25) is 5.91 Å². The maximum Gasteiger partial charge on any atom is 0.236 e. The minimum atomic E-state index is 0.228. The number of amides is 1. The molecule has 144 valence electrons. The Kier molecular flexibility index (Phi) is 5.84. The Labute approximate surface area is 160 Å². The number of hydrogen-bond donors (Lipinski definition) is 0. The molecule has 2 fully saturated rings. The van der Waals surface area contributed by atoms with Crippen molar-refractivity contribution in [3.8, 4) is 0 Å². The van der Waals surface area contributed by atoms with E-state index in [2.05, 4.69) is 44.9 Å². The molecule has 2 saturated heterocycles. The van der Waals surface area contributed by atoms with Crippen LogP contribution in [0.2, 0.25) is 0 Å². The topological polar surface area (TPSA) is 50.6 Å². The molecule has 0 radical (unpaired) electrons. The van der Waals surface area contributed by atoms with Crippen LogP contribution in [-0.2, 0) is 16.1 Å². The summed E-state index contributed by atoms with van der Waals surface area (Å²) in [5.74, 6) is 1.75. The first-order chi connectivity index (χ1) is 13.3. The lowest BCUT2D eigenvalue weighted by atomic mass is 9.97. The minimum absolute atomic E-state index is 0.228. The molecular weight excluding hydrogens is 340 g/mol. The molecular formula is C21H28N4O2. The molecule has 6 nitrogen and oxygen atoms in total. The molecule has 1 amide bonds. The average molecular weight is 368 g/mol. The van der Waals surface area contributed by atoms with Crippen LogP contribution in [0.3, 0.4) is 0 Å². The summed E-state index contributed by atoms with van der Waals surface area (Å²) in [6.07, 6.45) is 6.21. The molecule has 0 N–H and O–H groups in total. The number of carbonyl (C=O) groups is 1. The summed E-state index contributed by atoms with van der Waals surface area (Å²) in [6, 6.07) is 10.5. The van der Waals surface area contributed by atoms with Gasteiger partial charge in [-0.25, -0.2) is 4.98 Å². The number of aromatic nitrogens is 2. The highest BCUT2D eigenvalue weighted by Crippen LogP contribution is 2.26. The van der Waals surface area contributed by atoms with Gasteiger partial charge in [-0.05, 0) is 24.9 Å².